The summed E-state index contributed by atoms with van der Waals surface area (Å²) in [5.74, 6) is -0.385. The van der Waals surface area contributed by atoms with Gasteiger partial charge in [0.25, 0.3) is 0 Å². The highest BCUT2D eigenvalue weighted by molar-refractivity contribution is 5.80. The number of hydrogen-bond acceptors (Lipinski definition) is 0. The van der Waals surface area contributed by atoms with Crippen LogP contribution in [0.3, 0.4) is 0 Å². The Labute approximate surface area is 164 Å². The lowest BCUT2D eigenvalue weighted by atomic mass is 9.81. The Morgan fingerprint density at radius 2 is 1.75 bits per heavy atom. The van der Waals surface area contributed by atoms with E-state index < -0.39 is 11.6 Å². The molecule has 0 amide bonds. The minimum absolute atomic E-state index is 0.224. The molecule has 1 aliphatic rings. The second-order valence-electron chi connectivity index (χ2n) is 8.18. The van der Waals surface area contributed by atoms with Crippen LogP contribution in [0.2, 0.25) is 0 Å². The molecule has 4 rings (SSSR count). The Bertz CT molecular complexity index is 952. The van der Waals surface area contributed by atoms with E-state index in [4.69, 9.17) is 0 Å². The van der Waals surface area contributed by atoms with Crippen LogP contribution in [0, 0.1) is 30.3 Å². The fourth-order valence-corrected chi connectivity index (χ4v) is 4.84. The summed E-state index contributed by atoms with van der Waals surface area (Å²) in [5, 5.41) is 0.901. The fraction of sp³-hybridized carbons (Fsp3) is 0.417. The van der Waals surface area contributed by atoms with Crippen LogP contribution >= 0.6 is 0 Å². The quantitative estimate of drug-likeness (QED) is 0.457. The van der Waals surface area contributed by atoms with E-state index in [-0.39, 0.29) is 5.82 Å². The van der Waals surface area contributed by atoms with Crippen molar-refractivity contribution in [2.45, 2.75) is 57.8 Å². The minimum atomic E-state index is -0.517. The van der Waals surface area contributed by atoms with Gasteiger partial charge in [0.2, 0.25) is 0 Å². The first kappa shape index (κ1) is 19.1. The van der Waals surface area contributed by atoms with Crippen molar-refractivity contribution in [3.8, 4) is 0 Å². The number of H-pyrrole nitrogens is 1. The lowest BCUT2D eigenvalue weighted by molar-refractivity contribution is 0.366. The van der Waals surface area contributed by atoms with Crippen molar-refractivity contribution in [2.24, 2.45) is 5.92 Å². The van der Waals surface area contributed by atoms with Gasteiger partial charge in [-0.3, -0.25) is 0 Å². The first-order chi connectivity index (χ1) is 13.5. The topological polar surface area (TPSA) is 15.8 Å². The van der Waals surface area contributed by atoms with Gasteiger partial charge in [0.1, 0.15) is 17.5 Å². The number of nitrogens with one attached hydrogen (secondary N) is 1. The van der Waals surface area contributed by atoms with Gasteiger partial charge in [-0.05, 0) is 80.0 Å². The molecule has 0 spiro atoms. The Kier molecular flexibility index (Phi) is 5.47. The van der Waals surface area contributed by atoms with E-state index in [2.05, 4.69) is 11.1 Å². The summed E-state index contributed by atoms with van der Waals surface area (Å²) in [4.78, 5) is 3.49. The Balaban J connectivity index is 1.58. The van der Waals surface area contributed by atoms with Crippen molar-refractivity contribution in [1.29, 1.82) is 0 Å². The third kappa shape index (κ3) is 3.96. The molecule has 0 radical (unpaired) electrons. The van der Waals surface area contributed by atoms with Gasteiger partial charge in [0.15, 0.2) is 0 Å². The van der Waals surface area contributed by atoms with Crippen LogP contribution in [-0.2, 0) is 6.42 Å². The largest absolute Gasteiger partial charge is 0.358 e. The number of halogens is 3. The number of hydrogen-bond donors (Lipinski definition) is 1. The maximum atomic E-state index is 14.3. The van der Waals surface area contributed by atoms with Crippen molar-refractivity contribution >= 4 is 10.9 Å². The molecule has 0 saturated heterocycles. The molecule has 2 unspecified atom stereocenters. The monoisotopic (exact) mass is 385 g/mol. The summed E-state index contributed by atoms with van der Waals surface area (Å²) in [6.07, 6.45) is 7.26. The average molecular weight is 385 g/mol. The summed E-state index contributed by atoms with van der Waals surface area (Å²) >= 11 is 0. The molecule has 4 heteroatoms. The van der Waals surface area contributed by atoms with Gasteiger partial charge >= 0.3 is 0 Å². The van der Waals surface area contributed by atoms with Crippen molar-refractivity contribution in [3.63, 3.8) is 0 Å². The van der Waals surface area contributed by atoms with Gasteiger partial charge in [-0.15, -0.1) is 0 Å². The highest BCUT2D eigenvalue weighted by atomic mass is 19.1. The molecule has 3 aromatic rings. The first-order valence-corrected chi connectivity index (χ1v) is 10.2. The number of benzene rings is 2. The third-order valence-corrected chi connectivity index (χ3v) is 6.31. The second kappa shape index (κ2) is 8.02. The average Bonchev–Trinajstić information content (AvgIpc) is 2.90. The van der Waals surface area contributed by atoms with E-state index in [1.165, 1.54) is 31.4 Å². The van der Waals surface area contributed by atoms with Crippen LogP contribution in [0.1, 0.15) is 61.3 Å². The molecule has 148 valence electrons. The molecule has 28 heavy (non-hydrogen) atoms. The van der Waals surface area contributed by atoms with E-state index in [1.54, 1.807) is 19.1 Å². The maximum Gasteiger partial charge on any atom is 0.129 e. The number of fused-ring (bicyclic) bond motifs is 1. The predicted octanol–water partition coefficient (Wildman–Crippen LogP) is 7.19. The molecule has 1 aromatic heterocycles. The molecule has 0 bridgehead atoms. The summed E-state index contributed by atoms with van der Waals surface area (Å²) in [6.45, 7) is 1.78. The van der Waals surface area contributed by atoms with Gasteiger partial charge in [0.05, 0.1) is 0 Å². The molecule has 1 nitrogen and oxygen atoms in total. The van der Waals surface area contributed by atoms with Crippen LogP contribution < -0.4 is 0 Å². The van der Waals surface area contributed by atoms with Crippen LogP contribution in [0.25, 0.3) is 10.9 Å². The highest BCUT2D eigenvalue weighted by Gasteiger charge is 2.27. The Morgan fingerprint density at radius 1 is 0.929 bits per heavy atom. The summed E-state index contributed by atoms with van der Waals surface area (Å²) < 4.78 is 41.2. The van der Waals surface area contributed by atoms with Crippen molar-refractivity contribution in [2.75, 3.05) is 0 Å². The summed E-state index contributed by atoms with van der Waals surface area (Å²) in [5.41, 5.74) is 3.43. The zero-order chi connectivity index (χ0) is 19.7. The molecule has 1 N–H and O–H groups in total. The SMILES string of the molecule is Cc1cc(F)cc(F)c1CCC1CCCCCC1c1cc2cc(F)ccc2[nH]1. The molecule has 1 aliphatic carbocycles. The van der Waals surface area contributed by atoms with Crippen LogP contribution in [0.5, 0.6) is 0 Å². The van der Waals surface area contributed by atoms with E-state index in [1.807, 2.05) is 0 Å². The third-order valence-electron chi connectivity index (χ3n) is 6.31. The zero-order valence-corrected chi connectivity index (χ0v) is 16.2. The van der Waals surface area contributed by atoms with Gasteiger partial charge < -0.3 is 4.98 Å². The molecule has 1 heterocycles. The summed E-state index contributed by atoms with van der Waals surface area (Å²) in [7, 11) is 0. The molecule has 1 saturated carbocycles. The minimum Gasteiger partial charge on any atom is -0.358 e. The van der Waals surface area contributed by atoms with Crippen molar-refractivity contribution in [3.05, 3.63) is 70.7 Å². The number of aromatic nitrogens is 1. The highest BCUT2D eigenvalue weighted by Crippen LogP contribution is 2.40. The summed E-state index contributed by atoms with van der Waals surface area (Å²) in [6, 6.07) is 9.31. The van der Waals surface area contributed by atoms with Crippen LogP contribution in [-0.4, -0.2) is 4.98 Å². The lowest BCUT2D eigenvalue weighted by Gasteiger charge is -2.25. The van der Waals surface area contributed by atoms with Gasteiger partial charge in [-0.2, -0.15) is 0 Å². The number of aromatic amines is 1. The van der Waals surface area contributed by atoms with E-state index in [0.29, 0.717) is 29.4 Å². The molecule has 0 aliphatic heterocycles. The zero-order valence-electron chi connectivity index (χ0n) is 16.2. The predicted molar refractivity (Wildman–Crippen MR) is 107 cm³/mol. The molecule has 1 fully saturated rings. The first-order valence-electron chi connectivity index (χ1n) is 10.2. The number of rotatable bonds is 4. The van der Waals surface area contributed by atoms with E-state index in [9.17, 15) is 13.2 Å². The smallest absolute Gasteiger partial charge is 0.129 e. The van der Waals surface area contributed by atoms with Gasteiger partial charge in [-0.1, -0.05) is 19.3 Å². The fourth-order valence-electron chi connectivity index (χ4n) is 4.84. The maximum absolute atomic E-state index is 14.3. The van der Waals surface area contributed by atoms with Gasteiger partial charge in [0, 0.05) is 28.6 Å². The van der Waals surface area contributed by atoms with Crippen LogP contribution in [0.15, 0.2) is 36.4 Å². The van der Waals surface area contributed by atoms with Crippen molar-refractivity contribution in [1.82, 2.24) is 4.98 Å². The second-order valence-corrected chi connectivity index (χ2v) is 8.18. The van der Waals surface area contributed by atoms with Gasteiger partial charge in [-0.25, -0.2) is 13.2 Å². The normalized spacial score (nSPS) is 20.4. The van der Waals surface area contributed by atoms with Crippen LogP contribution in [0.4, 0.5) is 13.2 Å². The lowest BCUT2D eigenvalue weighted by Crippen LogP contribution is -2.14. The standard InChI is InChI=1S/C24H26F3N/c1-15-11-19(26)14-22(27)20(15)9-7-16-5-3-2-4-6-21(16)24-13-17-12-18(25)8-10-23(17)28-24/h8,10-14,16,21,28H,2-7,9H2,1H3. The molecule has 2 aromatic carbocycles. The van der Waals surface area contributed by atoms with E-state index >= 15 is 0 Å². The molecule has 2 atom stereocenters. The van der Waals surface area contributed by atoms with E-state index in [0.717, 1.165) is 41.9 Å². The Morgan fingerprint density at radius 3 is 2.57 bits per heavy atom. The molecular formula is C24H26F3N. The molecular weight excluding hydrogens is 359 g/mol. The van der Waals surface area contributed by atoms with Crippen molar-refractivity contribution < 1.29 is 13.2 Å². The number of aryl methyl sites for hydroxylation is 1. The Hall–Kier alpha value is -2.23.